The molecule has 20 heavy (non-hydrogen) atoms. The summed E-state index contributed by atoms with van der Waals surface area (Å²) in [7, 11) is 2.04. The summed E-state index contributed by atoms with van der Waals surface area (Å²) in [5, 5.41) is 0. The van der Waals surface area contributed by atoms with Gasteiger partial charge in [0.05, 0.1) is 24.2 Å². The molecule has 0 atom stereocenters. The van der Waals surface area contributed by atoms with Gasteiger partial charge in [0.2, 0.25) is 0 Å². The number of benzene rings is 1. The molecule has 1 aliphatic carbocycles. The van der Waals surface area contributed by atoms with Crippen molar-refractivity contribution in [1.29, 1.82) is 0 Å². The molecule has 1 heterocycles. The van der Waals surface area contributed by atoms with Gasteiger partial charge in [0.15, 0.2) is 0 Å². The molecule has 0 N–H and O–H groups in total. The summed E-state index contributed by atoms with van der Waals surface area (Å²) in [5.74, 6) is 0. The standard InChI is InChI=1S/C17H24N2O/c1-3-19(2)13-18-15-6-7-16-14(12-15)8-11-20-17(16)9-4-5-10-17/h6-7,12-13H,3-5,8-11H2,1-2H3. The van der Waals surface area contributed by atoms with E-state index in [2.05, 4.69) is 35.0 Å². The minimum Gasteiger partial charge on any atom is -0.370 e. The predicted octanol–water partition coefficient (Wildman–Crippen LogP) is 3.64. The van der Waals surface area contributed by atoms with Crippen LogP contribution < -0.4 is 0 Å². The average Bonchev–Trinajstić information content (AvgIpc) is 2.94. The second-order valence-electron chi connectivity index (χ2n) is 5.96. The van der Waals surface area contributed by atoms with Crippen molar-refractivity contribution in [1.82, 2.24) is 4.90 Å². The van der Waals surface area contributed by atoms with Gasteiger partial charge in [-0.2, -0.15) is 0 Å². The minimum atomic E-state index is 0.0238. The highest BCUT2D eigenvalue weighted by molar-refractivity contribution is 5.62. The molecule has 0 unspecified atom stereocenters. The molecular weight excluding hydrogens is 248 g/mol. The van der Waals surface area contributed by atoms with E-state index >= 15 is 0 Å². The Labute approximate surface area is 121 Å². The number of rotatable bonds is 3. The first-order valence-corrected chi connectivity index (χ1v) is 7.75. The number of hydrogen-bond acceptors (Lipinski definition) is 2. The molecule has 0 saturated heterocycles. The lowest BCUT2D eigenvalue weighted by atomic mass is 9.85. The second kappa shape index (κ2) is 5.57. The highest BCUT2D eigenvalue weighted by Crippen LogP contribution is 2.46. The molecule has 1 saturated carbocycles. The highest BCUT2D eigenvalue weighted by atomic mass is 16.5. The minimum absolute atomic E-state index is 0.0238. The lowest BCUT2D eigenvalue weighted by Gasteiger charge is -2.36. The Balaban J connectivity index is 1.87. The van der Waals surface area contributed by atoms with Gasteiger partial charge in [-0.3, -0.25) is 0 Å². The highest BCUT2D eigenvalue weighted by Gasteiger charge is 2.40. The van der Waals surface area contributed by atoms with Crippen molar-refractivity contribution < 1.29 is 4.74 Å². The molecule has 2 aliphatic rings. The molecule has 1 aromatic carbocycles. The molecule has 3 heteroatoms. The third-order valence-corrected chi connectivity index (χ3v) is 4.64. The fourth-order valence-corrected chi connectivity index (χ4v) is 3.35. The van der Waals surface area contributed by atoms with Crippen LogP contribution in [0.5, 0.6) is 0 Å². The summed E-state index contributed by atoms with van der Waals surface area (Å²) in [6.45, 7) is 3.96. The molecule has 1 aliphatic heterocycles. The Morgan fingerprint density at radius 2 is 2.15 bits per heavy atom. The largest absolute Gasteiger partial charge is 0.370 e. The summed E-state index contributed by atoms with van der Waals surface area (Å²) in [6.07, 6.45) is 7.88. The van der Waals surface area contributed by atoms with E-state index in [1.165, 1.54) is 36.8 Å². The molecular formula is C17H24N2O. The van der Waals surface area contributed by atoms with Gasteiger partial charge in [-0.1, -0.05) is 18.9 Å². The second-order valence-corrected chi connectivity index (χ2v) is 5.96. The van der Waals surface area contributed by atoms with Crippen molar-refractivity contribution >= 4 is 12.0 Å². The first-order chi connectivity index (χ1) is 9.73. The Hall–Kier alpha value is -1.35. The van der Waals surface area contributed by atoms with Gasteiger partial charge < -0.3 is 9.64 Å². The summed E-state index contributed by atoms with van der Waals surface area (Å²) >= 11 is 0. The van der Waals surface area contributed by atoms with Crippen molar-refractivity contribution in [2.24, 2.45) is 4.99 Å². The zero-order chi connectivity index (χ0) is 14.0. The maximum absolute atomic E-state index is 6.16. The van der Waals surface area contributed by atoms with Crippen LogP contribution in [-0.2, 0) is 16.8 Å². The number of ether oxygens (including phenoxy) is 1. The predicted molar refractivity (Wildman–Crippen MR) is 82.7 cm³/mol. The van der Waals surface area contributed by atoms with Crippen molar-refractivity contribution in [3.8, 4) is 0 Å². The van der Waals surface area contributed by atoms with Crippen LogP contribution >= 0.6 is 0 Å². The molecule has 1 spiro atoms. The maximum atomic E-state index is 6.16. The van der Waals surface area contributed by atoms with Gasteiger partial charge in [0, 0.05) is 13.6 Å². The molecule has 0 radical (unpaired) electrons. The van der Waals surface area contributed by atoms with Crippen LogP contribution in [0.25, 0.3) is 0 Å². The summed E-state index contributed by atoms with van der Waals surface area (Å²) < 4.78 is 6.16. The number of hydrogen-bond donors (Lipinski definition) is 0. The smallest absolute Gasteiger partial charge is 0.0934 e. The number of nitrogens with zero attached hydrogens (tertiary/aromatic N) is 2. The third-order valence-electron chi connectivity index (χ3n) is 4.64. The van der Waals surface area contributed by atoms with Crippen molar-refractivity contribution in [2.75, 3.05) is 20.2 Å². The third kappa shape index (κ3) is 2.47. The summed E-state index contributed by atoms with van der Waals surface area (Å²) in [5.41, 5.74) is 3.94. The normalized spacial score (nSPS) is 20.5. The van der Waals surface area contributed by atoms with Crippen molar-refractivity contribution in [2.45, 2.75) is 44.6 Å². The molecule has 3 nitrogen and oxygen atoms in total. The Bertz CT molecular complexity index is 504. The molecule has 0 bridgehead atoms. The quantitative estimate of drug-likeness (QED) is 0.620. The molecule has 0 amide bonds. The summed E-state index contributed by atoms with van der Waals surface area (Å²) in [6, 6.07) is 6.63. The zero-order valence-electron chi connectivity index (χ0n) is 12.6. The van der Waals surface area contributed by atoms with E-state index in [1.807, 2.05) is 13.4 Å². The fourth-order valence-electron chi connectivity index (χ4n) is 3.35. The van der Waals surface area contributed by atoms with Gasteiger partial charge in [-0.15, -0.1) is 0 Å². The maximum Gasteiger partial charge on any atom is 0.0934 e. The van der Waals surface area contributed by atoms with E-state index in [0.717, 1.165) is 25.3 Å². The number of aliphatic imine (C=N–C) groups is 1. The van der Waals surface area contributed by atoms with E-state index in [-0.39, 0.29) is 5.60 Å². The van der Waals surface area contributed by atoms with E-state index in [4.69, 9.17) is 4.74 Å². The van der Waals surface area contributed by atoms with Crippen LogP contribution in [0.15, 0.2) is 23.2 Å². The lowest BCUT2D eigenvalue weighted by Crippen LogP contribution is -2.32. The van der Waals surface area contributed by atoms with Crippen LogP contribution in [0.2, 0.25) is 0 Å². The van der Waals surface area contributed by atoms with E-state index in [9.17, 15) is 0 Å². The van der Waals surface area contributed by atoms with Gasteiger partial charge in [0.1, 0.15) is 0 Å². The fraction of sp³-hybridized carbons (Fsp3) is 0.588. The Kier molecular flexibility index (Phi) is 3.79. The molecule has 108 valence electrons. The Morgan fingerprint density at radius 1 is 1.35 bits per heavy atom. The van der Waals surface area contributed by atoms with Gasteiger partial charge >= 0.3 is 0 Å². The van der Waals surface area contributed by atoms with Gasteiger partial charge in [-0.05, 0) is 49.4 Å². The number of fused-ring (bicyclic) bond motifs is 2. The first-order valence-electron chi connectivity index (χ1n) is 7.75. The lowest BCUT2D eigenvalue weighted by molar-refractivity contribution is -0.0552. The Morgan fingerprint density at radius 3 is 2.90 bits per heavy atom. The SMILES string of the molecule is CCN(C)C=Nc1ccc2c(c1)CCOC21CCCC1. The molecule has 1 fully saturated rings. The van der Waals surface area contributed by atoms with Crippen molar-refractivity contribution in [3.63, 3.8) is 0 Å². The zero-order valence-corrected chi connectivity index (χ0v) is 12.6. The average molecular weight is 272 g/mol. The van der Waals surface area contributed by atoms with Crippen LogP contribution in [0.4, 0.5) is 5.69 Å². The van der Waals surface area contributed by atoms with E-state index in [0.29, 0.717) is 0 Å². The van der Waals surface area contributed by atoms with Gasteiger partial charge in [0.25, 0.3) is 0 Å². The van der Waals surface area contributed by atoms with Crippen LogP contribution in [0.1, 0.15) is 43.7 Å². The summed E-state index contributed by atoms with van der Waals surface area (Å²) in [4.78, 5) is 6.64. The van der Waals surface area contributed by atoms with E-state index < -0.39 is 0 Å². The van der Waals surface area contributed by atoms with E-state index in [1.54, 1.807) is 0 Å². The van der Waals surface area contributed by atoms with Crippen LogP contribution in [0, 0.1) is 0 Å². The molecule has 1 aromatic rings. The van der Waals surface area contributed by atoms with Gasteiger partial charge in [-0.25, -0.2) is 4.99 Å². The molecule has 3 rings (SSSR count). The van der Waals surface area contributed by atoms with Crippen molar-refractivity contribution in [3.05, 3.63) is 29.3 Å². The first kappa shape index (κ1) is 13.6. The van der Waals surface area contributed by atoms with Crippen LogP contribution in [-0.4, -0.2) is 31.4 Å². The monoisotopic (exact) mass is 272 g/mol. The topological polar surface area (TPSA) is 24.8 Å². The molecule has 0 aromatic heterocycles. The van der Waals surface area contributed by atoms with Crippen LogP contribution in [0.3, 0.4) is 0 Å².